The van der Waals surface area contributed by atoms with E-state index < -0.39 is 4.75 Å². The Hall–Kier alpha value is -0.510. The molecule has 0 saturated carbocycles. The Kier molecular flexibility index (Phi) is 6.19. The van der Waals surface area contributed by atoms with Crippen LogP contribution in [0, 0.1) is 0 Å². The minimum Gasteiger partial charge on any atom is -0.461 e. The number of esters is 1. The van der Waals surface area contributed by atoms with Crippen molar-refractivity contribution in [3.8, 4) is 0 Å². The molecule has 0 bridgehead atoms. The highest BCUT2D eigenvalue weighted by molar-refractivity contribution is 8.01. The largest absolute Gasteiger partial charge is 0.461 e. The molecule has 1 heterocycles. The third-order valence-corrected chi connectivity index (χ3v) is 4.78. The first kappa shape index (κ1) is 15.5. The molecule has 0 aromatic carbocycles. The topological polar surface area (TPSA) is 43.4 Å². The maximum atomic E-state index is 12.3. The van der Waals surface area contributed by atoms with Gasteiger partial charge in [0, 0.05) is 12.8 Å². The molecule has 18 heavy (non-hydrogen) atoms. The molecular weight excluding hydrogens is 248 g/mol. The lowest BCUT2D eigenvalue weighted by Gasteiger charge is -2.20. The summed E-state index contributed by atoms with van der Waals surface area (Å²) in [6.07, 6.45) is 8.30. The van der Waals surface area contributed by atoms with Crippen LogP contribution in [-0.4, -0.2) is 28.9 Å². The van der Waals surface area contributed by atoms with Crippen LogP contribution in [0.2, 0.25) is 0 Å². The third kappa shape index (κ3) is 3.50. The van der Waals surface area contributed by atoms with Gasteiger partial charge in [0.1, 0.15) is 6.10 Å². The highest BCUT2D eigenvalue weighted by Gasteiger charge is 2.52. The standard InChI is InChI=1S/C14H24O3S/c1-4-5-6-7-8-9-12(15)14(18-3)10-11(2)17-13(14)16/h11H,4-10H2,1-3H3/t11-,14-/m1/s1. The Bertz CT molecular complexity index is 303. The molecule has 0 aromatic rings. The van der Waals surface area contributed by atoms with Gasteiger partial charge in [-0.15, -0.1) is 11.8 Å². The summed E-state index contributed by atoms with van der Waals surface area (Å²) in [4.78, 5) is 24.1. The molecule has 0 N–H and O–H groups in total. The van der Waals surface area contributed by atoms with Crippen molar-refractivity contribution in [1.82, 2.24) is 0 Å². The lowest BCUT2D eigenvalue weighted by Crippen LogP contribution is -2.39. The van der Waals surface area contributed by atoms with Gasteiger partial charge >= 0.3 is 5.97 Å². The average Bonchev–Trinajstić information content (AvgIpc) is 2.64. The number of rotatable bonds is 8. The molecule has 0 aliphatic carbocycles. The fourth-order valence-corrected chi connectivity index (χ4v) is 3.35. The lowest BCUT2D eigenvalue weighted by atomic mass is 9.95. The SMILES string of the molecule is CCCCCCCC(=O)[C@]1(SC)C[C@@H](C)OC1=O. The first-order valence-electron chi connectivity index (χ1n) is 6.86. The number of carbonyl (C=O) groups excluding carboxylic acids is 2. The Labute approximate surface area is 114 Å². The molecule has 2 atom stereocenters. The Morgan fingerprint density at radius 3 is 2.56 bits per heavy atom. The van der Waals surface area contributed by atoms with Crippen LogP contribution in [0.25, 0.3) is 0 Å². The first-order valence-corrected chi connectivity index (χ1v) is 8.09. The molecular formula is C14H24O3S. The summed E-state index contributed by atoms with van der Waals surface area (Å²) in [5.41, 5.74) is 0. The second kappa shape index (κ2) is 7.17. The van der Waals surface area contributed by atoms with Gasteiger partial charge in [-0.25, -0.2) is 0 Å². The lowest BCUT2D eigenvalue weighted by molar-refractivity contribution is -0.144. The van der Waals surface area contributed by atoms with Crippen molar-refractivity contribution < 1.29 is 14.3 Å². The van der Waals surface area contributed by atoms with Crippen molar-refractivity contribution in [2.45, 2.75) is 69.6 Å². The van der Waals surface area contributed by atoms with Gasteiger partial charge in [0.05, 0.1) is 0 Å². The molecule has 1 saturated heterocycles. The van der Waals surface area contributed by atoms with E-state index in [4.69, 9.17) is 4.74 Å². The molecule has 1 fully saturated rings. The zero-order valence-electron chi connectivity index (χ0n) is 11.7. The Balaban J connectivity index is 2.45. The maximum Gasteiger partial charge on any atom is 0.330 e. The molecule has 0 amide bonds. The summed E-state index contributed by atoms with van der Waals surface area (Å²) in [6.45, 7) is 4.02. The predicted octanol–water partition coefficient (Wildman–Crippen LogP) is 3.35. The summed E-state index contributed by atoms with van der Waals surface area (Å²) in [6, 6.07) is 0. The van der Waals surface area contributed by atoms with E-state index in [1.807, 2.05) is 13.2 Å². The average molecular weight is 272 g/mol. The molecule has 0 unspecified atom stereocenters. The fraction of sp³-hybridized carbons (Fsp3) is 0.857. The maximum absolute atomic E-state index is 12.3. The second-order valence-corrected chi connectivity index (χ2v) is 6.14. The van der Waals surface area contributed by atoms with Crippen LogP contribution in [0.15, 0.2) is 0 Å². The van der Waals surface area contributed by atoms with Gasteiger partial charge in [0.25, 0.3) is 0 Å². The van der Waals surface area contributed by atoms with Crippen molar-refractivity contribution >= 4 is 23.5 Å². The van der Waals surface area contributed by atoms with Gasteiger partial charge in [-0.2, -0.15) is 0 Å². The minimum atomic E-state index is -0.913. The molecule has 4 heteroatoms. The molecule has 0 radical (unpaired) electrons. The number of cyclic esters (lactones) is 1. The van der Waals surface area contributed by atoms with Crippen LogP contribution in [-0.2, 0) is 14.3 Å². The van der Waals surface area contributed by atoms with Crippen LogP contribution >= 0.6 is 11.8 Å². The number of Topliss-reactive ketones (excluding diaryl/α,β-unsaturated/α-hetero) is 1. The fourth-order valence-electron chi connectivity index (χ4n) is 2.41. The van der Waals surface area contributed by atoms with E-state index in [9.17, 15) is 9.59 Å². The van der Waals surface area contributed by atoms with Gasteiger partial charge < -0.3 is 4.74 Å². The number of hydrogen-bond donors (Lipinski definition) is 0. The van der Waals surface area contributed by atoms with Gasteiger partial charge in [-0.3, -0.25) is 9.59 Å². The number of thioether (sulfide) groups is 1. The highest BCUT2D eigenvalue weighted by Crippen LogP contribution is 2.38. The Morgan fingerprint density at radius 2 is 2.06 bits per heavy atom. The summed E-state index contributed by atoms with van der Waals surface area (Å²) in [5, 5.41) is 0. The monoisotopic (exact) mass is 272 g/mol. The molecule has 104 valence electrons. The van der Waals surface area contributed by atoms with Crippen LogP contribution in [0.4, 0.5) is 0 Å². The number of hydrogen-bond acceptors (Lipinski definition) is 4. The van der Waals surface area contributed by atoms with Crippen LogP contribution in [0.1, 0.15) is 58.8 Å². The quantitative estimate of drug-likeness (QED) is 0.386. The van der Waals surface area contributed by atoms with Crippen molar-refractivity contribution in [1.29, 1.82) is 0 Å². The van der Waals surface area contributed by atoms with E-state index in [1.54, 1.807) is 0 Å². The number of ketones is 1. The van der Waals surface area contributed by atoms with E-state index in [1.165, 1.54) is 31.0 Å². The zero-order chi connectivity index (χ0) is 13.6. The first-order chi connectivity index (χ1) is 8.56. The van der Waals surface area contributed by atoms with Crippen LogP contribution in [0.3, 0.4) is 0 Å². The van der Waals surface area contributed by atoms with Gasteiger partial charge in [0.2, 0.25) is 0 Å². The van der Waals surface area contributed by atoms with Crippen molar-refractivity contribution in [3.63, 3.8) is 0 Å². The van der Waals surface area contributed by atoms with Gasteiger partial charge in [0.15, 0.2) is 10.5 Å². The minimum absolute atomic E-state index is 0.0563. The summed E-state index contributed by atoms with van der Waals surface area (Å²) in [7, 11) is 0. The molecule has 0 aromatic heterocycles. The molecule has 1 rings (SSSR count). The summed E-state index contributed by atoms with van der Waals surface area (Å²) >= 11 is 1.34. The van der Waals surface area contributed by atoms with E-state index in [0.29, 0.717) is 12.8 Å². The van der Waals surface area contributed by atoms with Crippen LogP contribution in [0.5, 0.6) is 0 Å². The van der Waals surface area contributed by atoms with Gasteiger partial charge in [-0.1, -0.05) is 32.6 Å². The van der Waals surface area contributed by atoms with Crippen molar-refractivity contribution in [3.05, 3.63) is 0 Å². The van der Waals surface area contributed by atoms with Crippen LogP contribution < -0.4 is 0 Å². The van der Waals surface area contributed by atoms with E-state index >= 15 is 0 Å². The third-order valence-electron chi connectivity index (χ3n) is 3.52. The summed E-state index contributed by atoms with van der Waals surface area (Å²) < 4.78 is 4.24. The molecule has 1 aliphatic heterocycles. The second-order valence-electron chi connectivity index (χ2n) is 5.04. The van der Waals surface area contributed by atoms with Crippen molar-refractivity contribution in [2.24, 2.45) is 0 Å². The molecule has 1 aliphatic rings. The zero-order valence-corrected chi connectivity index (χ0v) is 12.5. The van der Waals surface area contributed by atoms with Gasteiger partial charge in [-0.05, 0) is 19.6 Å². The molecule has 0 spiro atoms. The highest BCUT2D eigenvalue weighted by atomic mass is 32.2. The summed E-state index contributed by atoms with van der Waals surface area (Å²) in [5.74, 6) is -0.276. The number of unbranched alkanes of at least 4 members (excludes halogenated alkanes) is 4. The Morgan fingerprint density at radius 1 is 1.39 bits per heavy atom. The number of ether oxygens (including phenoxy) is 1. The smallest absolute Gasteiger partial charge is 0.330 e. The molecule has 3 nitrogen and oxygen atoms in total. The van der Waals surface area contributed by atoms with E-state index in [-0.39, 0.29) is 17.9 Å². The normalized spacial score (nSPS) is 27.3. The number of carbonyl (C=O) groups is 2. The van der Waals surface area contributed by atoms with E-state index in [2.05, 4.69) is 6.92 Å². The van der Waals surface area contributed by atoms with Crippen molar-refractivity contribution in [2.75, 3.05) is 6.26 Å². The van der Waals surface area contributed by atoms with E-state index in [0.717, 1.165) is 12.8 Å². The predicted molar refractivity (Wildman–Crippen MR) is 74.8 cm³/mol.